The van der Waals surface area contributed by atoms with Crippen molar-refractivity contribution < 1.29 is 4.39 Å². The lowest BCUT2D eigenvalue weighted by atomic mass is 10.2. The molecule has 4 heteroatoms. The van der Waals surface area contributed by atoms with Crippen LogP contribution in [0.1, 0.15) is 11.1 Å². The first kappa shape index (κ1) is 9.86. The van der Waals surface area contributed by atoms with Crippen molar-refractivity contribution in [2.24, 2.45) is 5.73 Å². The second kappa shape index (κ2) is 3.82. The molecule has 78 valence electrons. The molecule has 0 atom stereocenters. The largest absolute Gasteiger partial charge is 0.326 e. The molecule has 3 nitrogen and oxygen atoms in total. The molecule has 0 bridgehead atoms. The molecule has 1 heterocycles. The minimum Gasteiger partial charge on any atom is -0.326 e. The van der Waals surface area contributed by atoms with Crippen LogP contribution in [0.5, 0.6) is 0 Å². The van der Waals surface area contributed by atoms with Gasteiger partial charge in [0.05, 0.1) is 11.9 Å². The van der Waals surface area contributed by atoms with Crippen LogP contribution in [0, 0.1) is 12.7 Å². The second-order valence-corrected chi connectivity index (χ2v) is 3.43. The van der Waals surface area contributed by atoms with Crippen LogP contribution in [0.3, 0.4) is 0 Å². The van der Waals surface area contributed by atoms with Gasteiger partial charge in [-0.3, -0.25) is 0 Å². The molecule has 0 aliphatic carbocycles. The predicted octanol–water partition coefficient (Wildman–Crippen LogP) is 1.78. The standard InChI is InChI=1S/C11H12FN3/c1-8-4-10(12)2-3-11(8)15-7-9(5-13)6-14-15/h2-4,6-7H,5,13H2,1H3. The van der Waals surface area contributed by atoms with E-state index in [1.165, 1.54) is 12.1 Å². The van der Waals surface area contributed by atoms with Gasteiger partial charge in [-0.1, -0.05) is 0 Å². The minimum atomic E-state index is -0.234. The quantitative estimate of drug-likeness (QED) is 0.812. The summed E-state index contributed by atoms with van der Waals surface area (Å²) in [6.45, 7) is 2.31. The van der Waals surface area contributed by atoms with Crippen molar-refractivity contribution in [2.75, 3.05) is 0 Å². The van der Waals surface area contributed by atoms with Gasteiger partial charge in [0.2, 0.25) is 0 Å². The zero-order valence-corrected chi connectivity index (χ0v) is 8.44. The van der Waals surface area contributed by atoms with Crippen LogP contribution in [-0.4, -0.2) is 9.78 Å². The first-order chi connectivity index (χ1) is 7.20. The van der Waals surface area contributed by atoms with E-state index in [0.717, 1.165) is 16.8 Å². The third kappa shape index (κ3) is 1.89. The Morgan fingerprint density at radius 2 is 2.27 bits per heavy atom. The van der Waals surface area contributed by atoms with E-state index in [9.17, 15) is 4.39 Å². The molecule has 0 saturated heterocycles. The van der Waals surface area contributed by atoms with Gasteiger partial charge in [-0.2, -0.15) is 5.10 Å². The average molecular weight is 205 g/mol. The molecule has 2 aromatic rings. The summed E-state index contributed by atoms with van der Waals surface area (Å²) in [7, 11) is 0. The van der Waals surface area contributed by atoms with Crippen molar-refractivity contribution in [3.63, 3.8) is 0 Å². The fourth-order valence-corrected chi connectivity index (χ4v) is 1.47. The molecule has 0 amide bonds. The Morgan fingerprint density at radius 3 is 2.87 bits per heavy atom. The number of nitrogens with zero attached hydrogens (tertiary/aromatic N) is 2. The molecule has 1 aromatic heterocycles. The third-order valence-corrected chi connectivity index (χ3v) is 2.28. The summed E-state index contributed by atoms with van der Waals surface area (Å²) in [5.41, 5.74) is 8.17. The molecule has 0 radical (unpaired) electrons. The Hall–Kier alpha value is -1.68. The Kier molecular flexibility index (Phi) is 2.51. The maximum absolute atomic E-state index is 12.9. The lowest BCUT2D eigenvalue weighted by Gasteiger charge is -2.05. The van der Waals surface area contributed by atoms with Gasteiger partial charge in [0.25, 0.3) is 0 Å². The van der Waals surface area contributed by atoms with Gasteiger partial charge in [0.15, 0.2) is 0 Å². The molecule has 0 unspecified atom stereocenters. The average Bonchev–Trinajstić information content (AvgIpc) is 2.66. The van der Waals surface area contributed by atoms with Gasteiger partial charge >= 0.3 is 0 Å². The van der Waals surface area contributed by atoms with E-state index in [0.29, 0.717) is 6.54 Å². The number of aromatic nitrogens is 2. The smallest absolute Gasteiger partial charge is 0.123 e. The summed E-state index contributed by atoms with van der Waals surface area (Å²) >= 11 is 0. The molecule has 2 rings (SSSR count). The van der Waals surface area contributed by atoms with Crippen LogP contribution >= 0.6 is 0 Å². The fraction of sp³-hybridized carbons (Fsp3) is 0.182. The number of hydrogen-bond acceptors (Lipinski definition) is 2. The van der Waals surface area contributed by atoms with Crippen molar-refractivity contribution >= 4 is 0 Å². The second-order valence-electron chi connectivity index (χ2n) is 3.43. The molecule has 0 fully saturated rings. The Morgan fingerprint density at radius 1 is 1.47 bits per heavy atom. The fourth-order valence-electron chi connectivity index (χ4n) is 1.47. The first-order valence-electron chi connectivity index (χ1n) is 4.71. The molecular formula is C11H12FN3. The predicted molar refractivity (Wildman–Crippen MR) is 56.2 cm³/mol. The van der Waals surface area contributed by atoms with E-state index in [4.69, 9.17) is 5.73 Å². The van der Waals surface area contributed by atoms with E-state index in [1.807, 2.05) is 13.1 Å². The summed E-state index contributed by atoms with van der Waals surface area (Å²) in [5, 5.41) is 4.16. The third-order valence-electron chi connectivity index (χ3n) is 2.28. The Bertz CT molecular complexity index is 476. The van der Waals surface area contributed by atoms with Crippen LogP contribution in [0.25, 0.3) is 5.69 Å². The molecule has 2 N–H and O–H groups in total. The zero-order chi connectivity index (χ0) is 10.8. The Labute approximate surface area is 87.3 Å². The minimum absolute atomic E-state index is 0.234. The van der Waals surface area contributed by atoms with Gasteiger partial charge in [-0.05, 0) is 30.7 Å². The molecule has 15 heavy (non-hydrogen) atoms. The lowest BCUT2D eigenvalue weighted by Crippen LogP contribution is -1.98. The van der Waals surface area contributed by atoms with Crippen LogP contribution < -0.4 is 5.73 Å². The van der Waals surface area contributed by atoms with Gasteiger partial charge in [0.1, 0.15) is 5.82 Å². The van der Waals surface area contributed by atoms with E-state index in [-0.39, 0.29) is 5.82 Å². The summed E-state index contributed by atoms with van der Waals surface area (Å²) in [6.07, 6.45) is 3.56. The van der Waals surface area contributed by atoms with E-state index in [1.54, 1.807) is 16.9 Å². The summed E-state index contributed by atoms with van der Waals surface area (Å²) < 4.78 is 14.6. The topological polar surface area (TPSA) is 43.8 Å². The zero-order valence-electron chi connectivity index (χ0n) is 8.44. The highest BCUT2D eigenvalue weighted by molar-refractivity contribution is 5.40. The SMILES string of the molecule is Cc1cc(F)ccc1-n1cc(CN)cn1. The van der Waals surface area contributed by atoms with Crippen molar-refractivity contribution in [3.8, 4) is 5.69 Å². The molecule has 0 spiro atoms. The molecule has 0 aliphatic heterocycles. The molecule has 0 aliphatic rings. The van der Waals surface area contributed by atoms with Crippen LogP contribution in [0.15, 0.2) is 30.6 Å². The van der Waals surface area contributed by atoms with E-state index in [2.05, 4.69) is 5.10 Å². The maximum Gasteiger partial charge on any atom is 0.123 e. The highest BCUT2D eigenvalue weighted by Gasteiger charge is 2.03. The normalized spacial score (nSPS) is 10.6. The lowest BCUT2D eigenvalue weighted by molar-refractivity contribution is 0.625. The van der Waals surface area contributed by atoms with Crippen molar-refractivity contribution in [3.05, 3.63) is 47.5 Å². The van der Waals surface area contributed by atoms with E-state index < -0.39 is 0 Å². The van der Waals surface area contributed by atoms with Gasteiger partial charge in [-0.15, -0.1) is 0 Å². The molecular weight excluding hydrogens is 193 g/mol. The highest BCUT2D eigenvalue weighted by Crippen LogP contribution is 2.14. The van der Waals surface area contributed by atoms with E-state index >= 15 is 0 Å². The van der Waals surface area contributed by atoms with Gasteiger partial charge in [-0.25, -0.2) is 9.07 Å². The number of nitrogens with two attached hydrogens (primary N) is 1. The van der Waals surface area contributed by atoms with Crippen molar-refractivity contribution in [1.29, 1.82) is 0 Å². The van der Waals surface area contributed by atoms with Crippen LogP contribution in [0.4, 0.5) is 4.39 Å². The molecule has 0 saturated carbocycles. The summed E-state index contributed by atoms with van der Waals surface area (Å²) in [4.78, 5) is 0. The van der Waals surface area contributed by atoms with Crippen LogP contribution in [0.2, 0.25) is 0 Å². The van der Waals surface area contributed by atoms with Crippen molar-refractivity contribution in [1.82, 2.24) is 9.78 Å². The number of benzene rings is 1. The number of aryl methyl sites for hydroxylation is 1. The van der Waals surface area contributed by atoms with Gasteiger partial charge < -0.3 is 5.73 Å². The van der Waals surface area contributed by atoms with Crippen molar-refractivity contribution in [2.45, 2.75) is 13.5 Å². The van der Waals surface area contributed by atoms with Crippen LogP contribution in [-0.2, 0) is 6.54 Å². The van der Waals surface area contributed by atoms with Gasteiger partial charge in [0, 0.05) is 18.3 Å². The summed E-state index contributed by atoms with van der Waals surface area (Å²) in [6, 6.07) is 4.61. The number of halogens is 1. The number of hydrogen-bond donors (Lipinski definition) is 1. The summed E-state index contributed by atoms with van der Waals surface area (Å²) in [5.74, 6) is -0.234. The molecule has 1 aromatic carbocycles. The monoisotopic (exact) mass is 205 g/mol. The number of rotatable bonds is 2. The highest BCUT2D eigenvalue weighted by atomic mass is 19.1. The maximum atomic E-state index is 12.9. The first-order valence-corrected chi connectivity index (χ1v) is 4.71. The Balaban J connectivity index is 2.44.